The molecule has 1 heterocycles. The van der Waals surface area contributed by atoms with Crippen LogP contribution >= 0.6 is 23.7 Å². The Morgan fingerprint density at radius 3 is 2.81 bits per heavy atom. The molecule has 6 heteroatoms. The van der Waals surface area contributed by atoms with Crippen molar-refractivity contribution in [2.24, 2.45) is 5.73 Å². The Balaban J connectivity index is 0.00000220. The quantitative estimate of drug-likeness (QED) is 0.802. The summed E-state index contributed by atoms with van der Waals surface area (Å²) in [5, 5.41) is 5.55. The molecule has 0 aliphatic heterocycles. The maximum atomic E-state index is 11.9. The Kier molecular flexibility index (Phi) is 7.36. The fourth-order valence-corrected chi connectivity index (χ4v) is 2.77. The molecule has 1 aromatic heterocycles. The summed E-state index contributed by atoms with van der Waals surface area (Å²) in [5.74, 6) is -0.113. The number of thiazole rings is 1. The van der Waals surface area contributed by atoms with Gasteiger partial charge in [0.25, 0.3) is 5.91 Å². The lowest BCUT2D eigenvalue weighted by Crippen LogP contribution is -2.25. The number of aromatic nitrogens is 1. The van der Waals surface area contributed by atoms with Crippen LogP contribution in [-0.4, -0.2) is 24.0 Å². The Bertz CT molecular complexity index is 586. The highest BCUT2D eigenvalue weighted by Gasteiger charge is 2.12. The van der Waals surface area contributed by atoms with Gasteiger partial charge in [0.15, 0.2) is 0 Å². The summed E-state index contributed by atoms with van der Waals surface area (Å²) in [6, 6.07) is 8.05. The lowest BCUT2D eigenvalue weighted by molar-refractivity contribution is 0.0949. The summed E-state index contributed by atoms with van der Waals surface area (Å²) >= 11 is 1.50. The first-order valence-electron chi connectivity index (χ1n) is 6.72. The second-order valence-corrected chi connectivity index (χ2v) is 5.46. The molecule has 0 unspecified atom stereocenters. The second-order valence-electron chi connectivity index (χ2n) is 4.60. The van der Waals surface area contributed by atoms with Crippen LogP contribution in [0.3, 0.4) is 0 Å². The van der Waals surface area contributed by atoms with E-state index in [9.17, 15) is 4.79 Å². The number of amides is 1. The van der Waals surface area contributed by atoms with Crippen molar-refractivity contribution in [1.82, 2.24) is 10.3 Å². The maximum Gasteiger partial charge on any atom is 0.270 e. The van der Waals surface area contributed by atoms with E-state index < -0.39 is 0 Å². The van der Waals surface area contributed by atoms with Crippen molar-refractivity contribution in [3.63, 3.8) is 0 Å². The number of carbonyl (C=O) groups is 1. The highest BCUT2D eigenvalue weighted by atomic mass is 35.5. The van der Waals surface area contributed by atoms with Gasteiger partial charge in [-0.05, 0) is 31.9 Å². The van der Waals surface area contributed by atoms with E-state index in [1.165, 1.54) is 11.3 Å². The minimum atomic E-state index is -0.113. The molecule has 3 N–H and O–H groups in total. The molecule has 4 nitrogen and oxygen atoms in total. The fourth-order valence-electron chi connectivity index (χ4n) is 1.88. The number of nitrogens with zero attached hydrogens (tertiary/aromatic N) is 1. The van der Waals surface area contributed by atoms with Crippen LogP contribution in [0.5, 0.6) is 0 Å². The zero-order chi connectivity index (χ0) is 14.4. The summed E-state index contributed by atoms with van der Waals surface area (Å²) in [6.45, 7) is 3.35. The Morgan fingerprint density at radius 1 is 1.33 bits per heavy atom. The van der Waals surface area contributed by atoms with Crippen molar-refractivity contribution in [3.8, 4) is 10.6 Å². The zero-order valence-corrected chi connectivity index (χ0v) is 13.6. The Hall–Kier alpha value is -1.43. The molecule has 114 valence electrons. The number of aryl methyl sites for hydroxylation is 1. The van der Waals surface area contributed by atoms with Gasteiger partial charge in [0.1, 0.15) is 10.7 Å². The first kappa shape index (κ1) is 17.6. The molecule has 2 rings (SSSR count). The maximum absolute atomic E-state index is 11.9. The molecular formula is C15H20ClN3OS. The third-order valence-electron chi connectivity index (χ3n) is 3.03. The van der Waals surface area contributed by atoms with Crippen LogP contribution in [0.2, 0.25) is 0 Å². The number of halogens is 1. The SMILES string of the molecule is Cc1ccccc1-c1nc(C(=O)NCCCCN)cs1.Cl. The van der Waals surface area contributed by atoms with Gasteiger partial charge in [0.2, 0.25) is 0 Å². The van der Waals surface area contributed by atoms with Gasteiger partial charge in [0.05, 0.1) is 0 Å². The van der Waals surface area contributed by atoms with Gasteiger partial charge in [-0.1, -0.05) is 24.3 Å². The number of rotatable bonds is 6. The molecule has 1 amide bonds. The van der Waals surface area contributed by atoms with E-state index in [1.54, 1.807) is 5.38 Å². The lowest BCUT2D eigenvalue weighted by Gasteiger charge is -2.02. The third kappa shape index (κ3) is 4.81. The predicted octanol–water partition coefficient (Wildman–Crippen LogP) is 3.01. The van der Waals surface area contributed by atoms with Crippen molar-refractivity contribution in [2.45, 2.75) is 19.8 Å². The number of hydrogen-bond acceptors (Lipinski definition) is 4. The minimum absolute atomic E-state index is 0. The van der Waals surface area contributed by atoms with Crippen molar-refractivity contribution >= 4 is 29.7 Å². The summed E-state index contributed by atoms with van der Waals surface area (Å²) in [6.07, 6.45) is 1.82. The van der Waals surface area contributed by atoms with E-state index in [0.29, 0.717) is 18.8 Å². The number of nitrogens with two attached hydrogens (primary N) is 1. The van der Waals surface area contributed by atoms with Crippen molar-refractivity contribution < 1.29 is 4.79 Å². The van der Waals surface area contributed by atoms with Crippen LogP contribution in [0.4, 0.5) is 0 Å². The summed E-state index contributed by atoms with van der Waals surface area (Å²) in [7, 11) is 0. The molecule has 0 atom stereocenters. The van der Waals surface area contributed by atoms with Crippen molar-refractivity contribution in [2.75, 3.05) is 13.1 Å². The summed E-state index contributed by atoms with van der Waals surface area (Å²) in [5.41, 5.74) is 8.15. The largest absolute Gasteiger partial charge is 0.351 e. The number of unbranched alkanes of at least 4 members (excludes halogenated alkanes) is 1. The van der Waals surface area contributed by atoms with Gasteiger partial charge >= 0.3 is 0 Å². The highest BCUT2D eigenvalue weighted by molar-refractivity contribution is 7.13. The lowest BCUT2D eigenvalue weighted by atomic mass is 10.1. The average molecular weight is 326 g/mol. The molecule has 0 saturated heterocycles. The molecule has 0 fully saturated rings. The number of nitrogens with one attached hydrogen (secondary N) is 1. The summed E-state index contributed by atoms with van der Waals surface area (Å²) < 4.78 is 0. The first-order valence-corrected chi connectivity index (χ1v) is 7.60. The van der Waals surface area contributed by atoms with Crippen LogP contribution in [0.15, 0.2) is 29.6 Å². The van der Waals surface area contributed by atoms with Crippen molar-refractivity contribution in [1.29, 1.82) is 0 Å². The smallest absolute Gasteiger partial charge is 0.270 e. The second kappa shape index (κ2) is 8.77. The fraction of sp³-hybridized carbons (Fsp3) is 0.333. The molecule has 1 aromatic carbocycles. The van der Waals surface area contributed by atoms with Crippen LogP contribution in [0.25, 0.3) is 10.6 Å². The van der Waals surface area contributed by atoms with Gasteiger partial charge in [-0.25, -0.2) is 4.98 Å². The molecule has 2 aromatic rings. The van der Waals surface area contributed by atoms with E-state index in [1.807, 2.05) is 31.2 Å². The van der Waals surface area contributed by atoms with Crippen molar-refractivity contribution in [3.05, 3.63) is 40.9 Å². The Labute approximate surface area is 135 Å². The first-order chi connectivity index (χ1) is 9.72. The predicted molar refractivity (Wildman–Crippen MR) is 90.2 cm³/mol. The van der Waals surface area contributed by atoms with E-state index in [0.717, 1.165) is 29.0 Å². The van der Waals surface area contributed by atoms with Gasteiger partial charge in [0, 0.05) is 17.5 Å². The molecule has 0 spiro atoms. The number of hydrogen-bond donors (Lipinski definition) is 2. The van der Waals surface area contributed by atoms with Gasteiger partial charge < -0.3 is 11.1 Å². The molecule has 0 aliphatic rings. The monoisotopic (exact) mass is 325 g/mol. The topological polar surface area (TPSA) is 68.0 Å². The number of benzene rings is 1. The standard InChI is InChI=1S/C15H19N3OS.ClH/c1-11-6-2-3-7-12(11)15-18-13(10-20-15)14(19)17-9-5-4-8-16;/h2-3,6-7,10H,4-5,8-9,16H2,1H3,(H,17,19);1H. The van der Waals surface area contributed by atoms with E-state index in [2.05, 4.69) is 10.3 Å². The van der Waals surface area contributed by atoms with E-state index in [-0.39, 0.29) is 18.3 Å². The minimum Gasteiger partial charge on any atom is -0.351 e. The van der Waals surface area contributed by atoms with E-state index in [4.69, 9.17) is 5.73 Å². The van der Waals surface area contributed by atoms with Gasteiger partial charge in [-0.15, -0.1) is 23.7 Å². The zero-order valence-electron chi connectivity index (χ0n) is 12.0. The molecule has 21 heavy (non-hydrogen) atoms. The van der Waals surface area contributed by atoms with Gasteiger partial charge in [-0.3, -0.25) is 4.79 Å². The third-order valence-corrected chi connectivity index (χ3v) is 3.90. The molecule has 0 radical (unpaired) electrons. The molecule has 0 bridgehead atoms. The van der Waals surface area contributed by atoms with Crippen LogP contribution in [0.1, 0.15) is 28.9 Å². The normalized spacial score (nSPS) is 10.0. The average Bonchev–Trinajstić information content (AvgIpc) is 2.93. The molecule has 0 saturated carbocycles. The number of carbonyl (C=O) groups excluding carboxylic acids is 1. The molecule has 0 aliphatic carbocycles. The highest BCUT2D eigenvalue weighted by Crippen LogP contribution is 2.26. The van der Waals surface area contributed by atoms with Crippen LogP contribution in [-0.2, 0) is 0 Å². The van der Waals surface area contributed by atoms with Crippen LogP contribution in [0, 0.1) is 6.92 Å². The molecular weight excluding hydrogens is 306 g/mol. The summed E-state index contributed by atoms with van der Waals surface area (Å²) in [4.78, 5) is 16.4. The Morgan fingerprint density at radius 2 is 2.10 bits per heavy atom. The van der Waals surface area contributed by atoms with E-state index >= 15 is 0 Å². The van der Waals surface area contributed by atoms with Crippen LogP contribution < -0.4 is 11.1 Å². The van der Waals surface area contributed by atoms with Gasteiger partial charge in [-0.2, -0.15) is 0 Å².